The lowest BCUT2D eigenvalue weighted by atomic mass is 10.0. The number of aromatic nitrogens is 1. The van der Waals surface area contributed by atoms with Crippen molar-refractivity contribution in [3.8, 4) is 11.3 Å². The predicted octanol–water partition coefficient (Wildman–Crippen LogP) is 12.7. The molecule has 1 atom stereocenters. The molecule has 0 aliphatic carbocycles. The first-order chi connectivity index (χ1) is 22.7. The van der Waals surface area contributed by atoms with Crippen molar-refractivity contribution in [3.63, 3.8) is 0 Å². The van der Waals surface area contributed by atoms with Gasteiger partial charge in [-0.3, -0.25) is 4.99 Å². The Morgan fingerprint density at radius 1 is 1.04 bits per heavy atom. The van der Waals surface area contributed by atoms with Crippen LogP contribution in [0.3, 0.4) is 0 Å². The van der Waals surface area contributed by atoms with E-state index in [1.165, 1.54) is 24.8 Å². The first-order valence-corrected chi connectivity index (χ1v) is 17.5. The summed E-state index contributed by atoms with van der Waals surface area (Å²) in [6, 6.07) is 13.8. The Labute approximate surface area is 303 Å². The van der Waals surface area contributed by atoms with Crippen molar-refractivity contribution >= 4 is 48.7 Å². The second kappa shape index (κ2) is 30.0. The number of unbranched alkanes of at least 4 members (excludes halogenated alkanes) is 2. The number of halogens is 2. The zero-order valence-electron chi connectivity index (χ0n) is 31.3. The number of anilines is 2. The van der Waals surface area contributed by atoms with Crippen molar-refractivity contribution in [2.45, 2.75) is 111 Å². The summed E-state index contributed by atoms with van der Waals surface area (Å²) < 4.78 is 15.1. The van der Waals surface area contributed by atoms with Crippen LogP contribution in [0.2, 0.25) is 5.02 Å². The molecule has 0 spiro atoms. The molecule has 3 aromatic rings. The lowest BCUT2D eigenvalue weighted by molar-refractivity contribution is 0.618. The fraction of sp³-hybridized carbons (Fsp3) is 0.450. The number of allylic oxidation sites excluding steroid dienone is 1. The van der Waals surface area contributed by atoms with E-state index in [-0.39, 0.29) is 15.8 Å². The Bertz CT molecular complexity index is 1250. The summed E-state index contributed by atoms with van der Waals surface area (Å²) >= 11 is 10.3. The van der Waals surface area contributed by atoms with Crippen molar-refractivity contribution in [1.29, 1.82) is 5.41 Å². The lowest BCUT2D eigenvalue weighted by Crippen LogP contribution is -2.14. The van der Waals surface area contributed by atoms with E-state index in [1.807, 2.05) is 38.1 Å². The topological polar surface area (TPSA) is 90.0 Å². The van der Waals surface area contributed by atoms with E-state index in [0.29, 0.717) is 11.3 Å². The molecule has 0 aliphatic rings. The highest BCUT2D eigenvalue weighted by Crippen LogP contribution is 2.33. The molecular formula is C40H65ClFN5S. The molecule has 5 N–H and O–H groups in total. The Kier molecular flexibility index (Phi) is 30.8. The number of nitrogens with one attached hydrogen (secondary N) is 3. The second-order valence-corrected chi connectivity index (χ2v) is 13.6. The predicted molar refractivity (Wildman–Crippen MR) is 221 cm³/mol. The summed E-state index contributed by atoms with van der Waals surface area (Å²) in [5.41, 5.74) is 11.0. The summed E-state index contributed by atoms with van der Waals surface area (Å²) in [7, 11) is 1.71. The Hall–Kier alpha value is -3.13. The molecule has 0 radical (unpaired) electrons. The standard InChI is InChI=1S/C25H30ClFN4.C5H12.C4H10S.C3H6.C2H4.CH3N/c1-4-17-8-10-20(11-9-17)30-25-19(15-29-3)14-23(31-25)21-12-18(7-5-6-16(2)28)13-22(26)24(21)27;1-3-5-4-2;1-4(2,3)5;1-3-2;2*1-2/h8-16,30-31H,4-7,28H2,1-3H3;3-5H2,1-2H3;5H,1-3H3;3H,1H2,2H3;1-2H2;2H,1H2. The number of rotatable bonds is 11. The number of hydrogen-bond donors (Lipinski definition) is 5. The van der Waals surface area contributed by atoms with Crippen LogP contribution in [0.25, 0.3) is 11.3 Å². The van der Waals surface area contributed by atoms with Crippen molar-refractivity contribution in [3.05, 3.63) is 95.8 Å². The molecule has 1 aromatic heterocycles. The van der Waals surface area contributed by atoms with Gasteiger partial charge in [0, 0.05) is 40.9 Å². The molecule has 48 heavy (non-hydrogen) atoms. The van der Waals surface area contributed by atoms with E-state index >= 15 is 0 Å². The molecule has 0 amide bonds. The molecule has 1 unspecified atom stereocenters. The van der Waals surface area contributed by atoms with Gasteiger partial charge in [-0.2, -0.15) is 12.6 Å². The SMILES string of the molecule is C=C.C=CC.C=N.CC(C)(C)S.CCCCC.CCc1ccc(Nc2[nH]c(-c3cc(CCCC(C)N)cc(Cl)c3F)cc2C=NC)cc1. The number of benzene rings is 2. The fourth-order valence-corrected chi connectivity index (χ4v) is 4.14. The number of H-pyrrole nitrogens is 1. The molecule has 0 bridgehead atoms. The Morgan fingerprint density at radius 2 is 1.56 bits per heavy atom. The minimum absolute atomic E-state index is 0.123. The van der Waals surface area contributed by atoms with Crippen LogP contribution in [-0.2, 0) is 12.8 Å². The summed E-state index contributed by atoms with van der Waals surface area (Å²) in [6.07, 6.45) is 11.2. The second-order valence-electron chi connectivity index (χ2n) is 11.8. The third-order valence-corrected chi connectivity index (χ3v) is 6.23. The molecule has 0 aliphatic heterocycles. The third-order valence-electron chi connectivity index (χ3n) is 5.96. The maximum atomic E-state index is 14.9. The summed E-state index contributed by atoms with van der Waals surface area (Å²) in [5.74, 6) is 0.320. The van der Waals surface area contributed by atoms with Crippen LogP contribution in [0, 0.1) is 11.2 Å². The summed E-state index contributed by atoms with van der Waals surface area (Å²) in [4.78, 5) is 7.45. The number of aromatic amines is 1. The van der Waals surface area contributed by atoms with Crippen molar-refractivity contribution in [1.82, 2.24) is 4.98 Å². The molecule has 2 aromatic carbocycles. The molecule has 8 heteroatoms. The zero-order valence-corrected chi connectivity index (χ0v) is 32.9. The molecule has 3 rings (SSSR count). The van der Waals surface area contributed by atoms with Crippen LogP contribution >= 0.6 is 24.2 Å². The van der Waals surface area contributed by atoms with Gasteiger partial charge in [-0.25, -0.2) is 4.39 Å². The average molecular weight is 703 g/mol. The molecule has 0 fully saturated rings. The third kappa shape index (κ3) is 24.1. The number of hydrogen-bond acceptors (Lipinski definition) is 5. The quantitative estimate of drug-likeness (QED) is 0.0782. The van der Waals surface area contributed by atoms with Gasteiger partial charge in [0.15, 0.2) is 5.82 Å². The van der Waals surface area contributed by atoms with Gasteiger partial charge < -0.3 is 21.4 Å². The van der Waals surface area contributed by atoms with Gasteiger partial charge in [-0.05, 0) is 87.7 Å². The van der Waals surface area contributed by atoms with Crippen molar-refractivity contribution in [2.24, 2.45) is 10.7 Å². The molecular weight excluding hydrogens is 637 g/mol. The first-order valence-electron chi connectivity index (χ1n) is 16.6. The number of thiol groups is 1. The van der Waals surface area contributed by atoms with Gasteiger partial charge in [0.2, 0.25) is 0 Å². The van der Waals surface area contributed by atoms with Crippen LogP contribution in [0.5, 0.6) is 0 Å². The summed E-state index contributed by atoms with van der Waals surface area (Å²) in [5, 5.41) is 9.00. The van der Waals surface area contributed by atoms with Crippen molar-refractivity contribution in [2.75, 3.05) is 12.4 Å². The zero-order chi connectivity index (χ0) is 37.7. The average Bonchev–Trinajstić information content (AvgIpc) is 3.43. The van der Waals surface area contributed by atoms with Crippen LogP contribution in [0.15, 0.2) is 73.3 Å². The normalized spacial score (nSPS) is 10.6. The van der Waals surface area contributed by atoms with E-state index in [2.05, 4.69) is 108 Å². The molecule has 5 nitrogen and oxygen atoms in total. The van der Waals surface area contributed by atoms with E-state index in [9.17, 15) is 4.39 Å². The van der Waals surface area contributed by atoms with E-state index in [0.717, 1.165) is 48.3 Å². The Morgan fingerprint density at radius 3 is 1.98 bits per heavy atom. The van der Waals surface area contributed by atoms with Crippen LogP contribution in [0.4, 0.5) is 15.9 Å². The molecule has 270 valence electrons. The van der Waals surface area contributed by atoms with Gasteiger partial charge in [-0.1, -0.05) is 90.6 Å². The maximum Gasteiger partial charge on any atom is 0.151 e. The fourth-order valence-electron chi connectivity index (χ4n) is 3.90. The van der Waals surface area contributed by atoms with Gasteiger partial charge in [0.1, 0.15) is 5.82 Å². The van der Waals surface area contributed by atoms with Crippen LogP contribution < -0.4 is 11.1 Å². The Balaban J connectivity index is -0.000000997. The first kappa shape index (κ1) is 49.3. The number of aryl methyl sites for hydroxylation is 2. The highest BCUT2D eigenvalue weighted by molar-refractivity contribution is 7.81. The van der Waals surface area contributed by atoms with Gasteiger partial charge in [0.25, 0.3) is 0 Å². The van der Waals surface area contributed by atoms with Gasteiger partial charge >= 0.3 is 0 Å². The van der Waals surface area contributed by atoms with Gasteiger partial charge in [-0.15, -0.1) is 19.7 Å². The van der Waals surface area contributed by atoms with Crippen LogP contribution in [0.1, 0.15) is 104 Å². The smallest absolute Gasteiger partial charge is 0.151 e. The number of aliphatic imine (C=N–C) groups is 1. The molecule has 1 heterocycles. The molecule has 0 saturated carbocycles. The van der Waals surface area contributed by atoms with Gasteiger partial charge in [0.05, 0.1) is 10.7 Å². The highest BCUT2D eigenvalue weighted by atomic mass is 35.5. The largest absolute Gasteiger partial charge is 0.341 e. The highest BCUT2D eigenvalue weighted by Gasteiger charge is 2.16. The van der Waals surface area contributed by atoms with E-state index < -0.39 is 5.82 Å². The van der Waals surface area contributed by atoms with E-state index in [4.69, 9.17) is 22.7 Å². The van der Waals surface area contributed by atoms with Crippen molar-refractivity contribution < 1.29 is 4.39 Å². The van der Waals surface area contributed by atoms with E-state index in [1.54, 1.807) is 25.4 Å². The minimum Gasteiger partial charge on any atom is -0.341 e. The van der Waals surface area contributed by atoms with Crippen LogP contribution in [-0.4, -0.2) is 35.8 Å². The number of nitrogens with two attached hydrogens (primary N) is 1. The monoisotopic (exact) mass is 701 g/mol. The molecule has 0 saturated heterocycles. The summed E-state index contributed by atoms with van der Waals surface area (Å²) in [6.45, 7) is 28.4. The maximum absolute atomic E-state index is 14.9. The number of nitrogens with zero attached hydrogens (tertiary/aromatic N) is 1. The minimum atomic E-state index is -0.433. The lowest BCUT2D eigenvalue weighted by Gasteiger charge is -2.10.